The van der Waals surface area contributed by atoms with Gasteiger partial charge in [-0.15, -0.1) is 11.8 Å². The number of methoxy groups -OCH3 is 1. The number of amides is 1. The van der Waals surface area contributed by atoms with Crippen molar-refractivity contribution in [3.05, 3.63) is 90.5 Å². The van der Waals surface area contributed by atoms with Gasteiger partial charge >= 0.3 is 0 Å². The summed E-state index contributed by atoms with van der Waals surface area (Å²) in [6.45, 7) is 0.233. The largest absolute Gasteiger partial charge is 0.493 e. The highest BCUT2D eigenvalue weighted by atomic mass is 127. The molecule has 4 rings (SSSR count). The maximum absolute atomic E-state index is 12.6. The minimum Gasteiger partial charge on any atom is -0.493 e. The summed E-state index contributed by atoms with van der Waals surface area (Å²) < 4.78 is 12.4. The van der Waals surface area contributed by atoms with E-state index < -0.39 is 4.92 Å². The topological polar surface area (TPSA) is 81.9 Å². The molecule has 1 fully saturated rings. The molecule has 7 nitrogen and oxygen atoms in total. The Morgan fingerprint density at radius 2 is 1.88 bits per heavy atom. The number of nitro groups is 1. The summed E-state index contributed by atoms with van der Waals surface area (Å²) in [5.74, 6) is 1.53. The van der Waals surface area contributed by atoms with Crippen molar-refractivity contribution in [3.63, 3.8) is 0 Å². The van der Waals surface area contributed by atoms with Gasteiger partial charge in [0.25, 0.3) is 5.69 Å². The maximum Gasteiger partial charge on any atom is 0.269 e. The Morgan fingerprint density at radius 3 is 2.52 bits per heavy atom. The SMILES string of the molecule is COc1cc([C@@H]2SCC(=O)N2c2ccc(Cl)cc2)cc(I)c1OCc1ccc([N+](=O)[O-])cc1. The molecule has 0 bridgehead atoms. The first-order valence-corrected chi connectivity index (χ1v) is 12.3. The van der Waals surface area contributed by atoms with Gasteiger partial charge in [0.1, 0.15) is 12.0 Å². The van der Waals surface area contributed by atoms with Gasteiger partial charge in [0.15, 0.2) is 11.5 Å². The summed E-state index contributed by atoms with van der Waals surface area (Å²) in [7, 11) is 1.57. The van der Waals surface area contributed by atoms with Crippen LogP contribution in [0.1, 0.15) is 16.5 Å². The Balaban J connectivity index is 1.58. The van der Waals surface area contributed by atoms with E-state index >= 15 is 0 Å². The van der Waals surface area contributed by atoms with Gasteiger partial charge in [-0.05, 0) is 82.2 Å². The fraction of sp³-hybridized carbons (Fsp3) is 0.174. The van der Waals surface area contributed by atoms with Crippen LogP contribution in [0.25, 0.3) is 0 Å². The molecule has 1 saturated heterocycles. The Morgan fingerprint density at radius 1 is 1.18 bits per heavy atom. The van der Waals surface area contributed by atoms with Gasteiger partial charge < -0.3 is 9.47 Å². The van der Waals surface area contributed by atoms with Crippen LogP contribution in [-0.4, -0.2) is 23.7 Å². The van der Waals surface area contributed by atoms with Crippen LogP contribution < -0.4 is 14.4 Å². The summed E-state index contributed by atoms with van der Waals surface area (Å²) >= 11 is 9.74. The number of rotatable bonds is 7. The lowest BCUT2D eigenvalue weighted by Gasteiger charge is -2.25. The normalized spacial score (nSPS) is 15.5. The second-order valence-electron chi connectivity index (χ2n) is 7.15. The zero-order valence-corrected chi connectivity index (χ0v) is 21.1. The number of anilines is 1. The average Bonchev–Trinajstić information content (AvgIpc) is 3.20. The molecular formula is C23H18ClIN2O5S. The number of thioether (sulfide) groups is 1. The van der Waals surface area contributed by atoms with Crippen molar-refractivity contribution >= 4 is 63.2 Å². The molecule has 10 heteroatoms. The molecule has 0 aliphatic carbocycles. The zero-order chi connectivity index (χ0) is 23.5. The average molecular weight is 597 g/mol. The molecule has 1 aliphatic rings. The second-order valence-corrected chi connectivity index (χ2v) is 9.82. The van der Waals surface area contributed by atoms with Gasteiger partial charge in [-0.1, -0.05) is 11.6 Å². The van der Waals surface area contributed by atoms with Crippen LogP contribution in [0.3, 0.4) is 0 Å². The molecule has 3 aromatic carbocycles. The number of hydrogen-bond acceptors (Lipinski definition) is 6. The van der Waals surface area contributed by atoms with E-state index in [2.05, 4.69) is 22.6 Å². The number of nitrogens with zero attached hydrogens (tertiary/aromatic N) is 2. The molecule has 1 amide bonds. The molecule has 33 heavy (non-hydrogen) atoms. The maximum atomic E-state index is 12.6. The summed E-state index contributed by atoms with van der Waals surface area (Å²) in [6, 6.07) is 17.3. The lowest BCUT2D eigenvalue weighted by molar-refractivity contribution is -0.384. The number of benzene rings is 3. The number of non-ortho nitro benzene ring substituents is 1. The van der Waals surface area contributed by atoms with Crippen molar-refractivity contribution < 1.29 is 19.2 Å². The summed E-state index contributed by atoms with van der Waals surface area (Å²) in [6.07, 6.45) is 0. The third-order valence-corrected chi connectivity index (χ3v) is 7.31. The lowest BCUT2D eigenvalue weighted by atomic mass is 10.1. The van der Waals surface area contributed by atoms with Crippen molar-refractivity contribution in [1.29, 1.82) is 0 Å². The van der Waals surface area contributed by atoms with Crippen molar-refractivity contribution in [1.82, 2.24) is 0 Å². The molecule has 0 spiro atoms. The van der Waals surface area contributed by atoms with Crippen molar-refractivity contribution in [2.24, 2.45) is 0 Å². The minimum absolute atomic E-state index is 0.0276. The molecule has 0 N–H and O–H groups in total. The van der Waals surface area contributed by atoms with Gasteiger partial charge in [-0.2, -0.15) is 0 Å². The quantitative estimate of drug-likeness (QED) is 0.183. The van der Waals surface area contributed by atoms with Crippen LogP contribution in [0.4, 0.5) is 11.4 Å². The van der Waals surface area contributed by atoms with Gasteiger partial charge in [0, 0.05) is 22.8 Å². The van der Waals surface area contributed by atoms with E-state index in [4.69, 9.17) is 21.1 Å². The van der Waals surface area contributed by atoms with E-state index in [0.717, 1.165) is 20.4 Å². The van der Waals surface area contributed by atoms with E-state index in [1.165, 1.54) is 12.1 Å². The van der Waals surface area contributed by atoms with Crippen LogP contribution in [0.5, 0.6) is 11.5 Å². The van der Waals surface area contributed by atoms with Gasteiger partial charge in [-0.3, -0.25) is 19.8 Å². The number of ether oxygens (including phenoxy) is 2. The van der Waals surface area contributed by atoms with E-state index in [9.17, 15) is 14.9 Å². The zero-order valence-electron chi connectivity index (χ0n) is 17.4. The molecule has 1 atom stereocenters. The monoisotopic (exact) mass is 596 g/mol. The Kier molecular flexibility index (Phi) is 7.30. The molecule has 3 aromatic rings. The van der Waals surface area contributed by atoms with E-state index in [1.54, 1.807) is 48.0 Å². The minimum atomic E-state index is -0.436. The molecule has 0 unspecified atom stereocenters. The van der Waals surface area contributed by atoms with Crippen LogP contribution in [0.15, 0.2) is 60.7 Å². The van der Waals surface area contributed by atoms with Crippen molar-refractivity contribution in [3.8, 4) is 11.5 Å². The van der Waals surface area contributed by atoms with E-state index in [1.807, 2.05) is 24.3 Å². The smallest absolute Gasteiger partial charge is 0.269 e. The fourth-order valence-corrected chi connectivity index (χ4v) is 5.51. The first kappa shape index (κ1) is 23.7. The molecule has 1 aliphatic heterocycles. The fourth-order valence-electron chi connectivity index (χ4n) is 3.44. The number of carbonyl (C=O) groups excluding carboxylic acids is 1. The van der Waals surface area contributed by atoms with E-state index in [-0.39, 0.29) is 23.6 Å². The first-order valence-electron chi connectivity index (χ1n) is 9.80. The number of halogens is 2. The van der Waals surface area contributed by atoms with Gasteiger partial charge in [0.05, 0.1) is 21.4 Å². The molecular weight excluding hydrogens is 579 g/mol. The first-order chi connectivity index (χ1) is 15.9. The second kappa shape index (κ2) is 10.2. The van der Waals surface area contributed by atoms with Crippen molar-refractivity contribution in [2.75, 3.05) is 17.8 Å². The Labute approximate surface area is 213 Å². The molecule has 0 aromatic heterocycles. The third-order valence-electron chi connectivity index (χ3n) is 5.04. The summed E-state index contributed by atoms with van der Waals surface area (Å²) in [4.78, 5) is 24.8. The lowest BCUT2D eigenvalue weighted by Crippen LogP contribution is -2.27. The Hall–Kier alpha value is -2.50. The van der Waals surface area contributed by atoms with Crippen LogP contribution >= 0.6 is 46.0 Å². The Bertz CT molecular complexity index is 1190. The van der Waals surface area contributed by atoms with Crippen LogP contribution in [0, 0.1) is 13.7 Å². The highest BCUT2D eigenvalue weighted by molar-refractivity contribution is 14.1. The highest BCUT2D eigenvalue weighted by Gasteiger charge is 2.35. The van der Waals surface area contributed by atoms with Crippen LogP contribution in [-0.2, 0) is 11.4 Å². The van der Waals surface area contributed by atoms with E-state index in [0.29, 0.717) is 22.3 Å². The molecule has 0 radical (unpaired) electrons. The molecule has 1 heterocycles. The van der Waals surface area contributed by atoms with Crippen LogP contribution in [0.2, 0.25) is 5.02 Å². The predicted octanol–water partition coefficient (Wildman–Crippen LogP) is 6.22. The number of hydrogen-bond donors (Lipinski definition) is 0. The predicted molar refractivity (Wildman–Crippen MR) is 137 cm³/mol. The molecule has 170 valence electrons. The third kappa shape index (κ3) is 5.20. The summed E-state index contributed by atoms with van der Waals surface area (Å²) in [5, 5.41) is 11.2. The highest BCUT2D eigenvalue weighted by Crippen LogP contribution is 2.45. The number of nitro benzene ring substituents is 1. The summed E-state index contributed by atoms with van der Waals surface area (Å²) in [5.41, 5.74) is 2.54. The molecule has 0 saturated carbocycles. The standard InChI is InChI=1S/C23H18ClIN2O5S/c1-31-20-11-15(23-26(21(28)13-33-23)17-8-4-16(24)5-9-17)10-19(25)22(20)32-12-14-2-6-18(7-3-14)27(29)30/h2-11,23H,12-13H2,1H3/t23-/m0/s1. The van der Waals surface area contributed by atoms with Crippen molar-refractivity contribution in [2.45, 2.75) is 12.0 Å². The number of carbonyl (C=O) groups is 1. The van der Waals surface area contributed by atoms with Gasteiger partial charge in [0.2, 0.25) is 5.91 Å². The van der Waals surface area contributed by atoms with Gasteiger partial charge in [-0.25, -0.2) is 0 Å².